The van der Waals surface area contributed by atoms with Crippen LogP contribution in [0.4, 0.5) is 5.69 Å². The van der Waals surface area contributed by atoms with E-state index in [-0.39, 0.29) is 0 Å². The van der Waals surface area contributed by atoms with E-state index in [1.807, 2.05) is 42.5 Å². The topological polar surface area (TPSA) is 78.4 Å². The summed E-state index contributed by atoms with van der Waals surface area (Å²) in [5, 5.41) is 16.2. The van der Waals surface area contributed by atoms with Gasteiger partial charge < -0.3 is 15.7 Å². The second kappa shape index (κ2) is 8.78. The fourth-order valence-electron chi connectivity index (χ4n) is 4.55. The van der Waals surface area contributed by atoms with Crippen molar-refractivity contribution in [1.29, 1.82) is 0 Å². The molecule has 3 unspecified atom stereocenters. The summed E-state index contributed by atoms with van der Waals surface area (Å²) in [6.45, 7) is 0. The van der Waals surface area contributed by atoms with Crippen molar-refractivity contribution in [2.45, 2.75) is 56.6 Å². The van der Waals surface area contributed by atoms with Crippen molar-refractivity contribution >= 4 is 17.5 Å². The highest BCUT2D eigenvalue weighted by molar-refractivity contribution is 6.08. The number of anilines is 1. The Morgan fingerprint density at radius 1 is 1.00 bits per heavy atom. The summed E-state index contributed by atoms with van der Waals surface area (Å²) in [6.07, 6.45) is 5.77. The molecule has 0 aromatic heterocycles. The van der Waals surface area contributed by atoms with Crippen LogP contribution in [0.1, 0.15) is 49.1 Å². The van der Waals surface area contributed by atoms with Gasteiger partial charge in [0.1, 0.15) is 5.92 Å². The van der Waals surface area contributed by atoms with Crippen LogP contribution in [-0.2, 0) is 16.0 Å². The highest BCUT2D eigenvalue weighted by Gasteiger charge is 2.45. The number of hydrogen-bond donors (Lipinski definition) is 3. The van der Waals surface area contributed by atoms with Crippen molar-refractivity contribution in [3.8, 4) is 0 Å². The van der Waals surface area contributed by atoms with Gasteiger partial charge in [-0.15, -0.1) is 0 Å². The maximum Gasteiger partial charge on any atom is 0.239 e. The number of carbonyl (C=O) groups is 2. The van der Waals surface area contributed by atoms with E-state index in [4.69, 9.17) is 0 Å². The SMILES string of the molecule is O=C(Nc1ccc(C2CCCCC2)cc1)C1C(=O)NC(Cc2ccccc2)C1O. The third-order valence-corrected chi connectivity index (χ3v) is 6.20. The number of nitrogens with one attached hydrogen (secondary N) is 2. The lowest BCUT2D eigenvalue weighted by atomic mass is 9.84. The van der Waals surface area contributed by atoms with Gasteiger partial charge in [0.25, 0.3) is 0 Å². The van der Waals surface area contributed by atoms with E-state index in [2.05, 4.69) is 22.8 Å². The maximum atomic E-state index is 12.7. The quantitative estimate of drug-likeness (QED) is 0.683. The van der Waals surface area contributed by atoms with Gasteiger partial charge in [0.15, 0.2) is 0 Å². The summed E-state index contributed by atoms with van der Waals surface area (Å²) >= 11 is 0. The fraction of sp³-hybridized carbons (Fsp3) is 0.417. The van der Waals surface area contributed by atoms with E-state index in [0.29, 0.717) is 18.0 Å². The van der Waals surface area contributed by atoms with E-state index < -0.39 is 29.9 Å². The first-order valence-electron chi connectivity index (χ1n) is 10.5. The van der Waals surface area contributed by atoms with Crippen LogP contribution in [0.15, 0.2) is 54.6 Å². The Bertz CT molecular complexity index is 844. The van der Waals surface area contributed by atoms with Gasteiger partial charge in [-0.3, -0.25) is 9.59 Å². The summed E-state index contributed by atoms with van der Waals surface area (Å²) in [4.78, 5) is 25.0. The number of amides is 2. The minimum atomic E-state index is -1.10. The maximum absolute atomic E-state index is 12.7. The number of aliphatic hydroxyl groups excluding tert-OH is 1. The van der Waals surface area contributed by atoms with Crippen LogP contribution in [0.2, 0.25) is 0 Å². The molecule has 2 amide bonds. The Labute approximate surface area is 171 Å². The second-order valence-electron chi connectivity index (χ2n) is 8.22. The molecule has 0 spiro atoms. The number of benzene rings is 2. The van der Waals surface area contributed by atoms with E-state index in [9.17, 15) is 14.7 Å². The van der Waals surface area contributed by atoms with Crippen LogP contribution in [0.3, 0.4) is 0 Å². The first kappa shape index (κ1) is 19.6. The molecule has 5 heteroatoms. The van der Waals surface area contributed by atoms with Gasteiger partial charge in [-0.1, -0.05) is 61.7 Å². The van der Waals surface area contributed by atoms with Crippen LogP contribution in [-0.4, -0.2) is 29.1 Å². The Morgan fingerprint density at radius 2 is 1.69 bits per heavy atom. The molecule has 1 aliphatic carbocycles. The number of aliphatic hydroxyl groups is 1. The van der Waals surface area contributed by atoms with Gasteiger partial charge in [-0.25, -0.2) is 0 Å². The number of rotatable bonds is 5. The van der Waals surface area contributed by atoms with Crippen molar-refractivity contribution in [1.82, 2.24) is 5.32 Å². The summed E-state index contributed by atoms with van der Waals surface area (Å²) in [5.74, 6) is -1.37. The molecule has 2 aromatic carbocycles. The van der Waals surface area contributed by atoms with Gasteiger partial charge in [0, 0.05) is 5.69 Å². The molecule has 3 atom stereocenters. The monoisotopic (exact) mass is 392 g/mol. The highest BCUT2D eigenvalue weighted by atomic mass is 16.3. The molecule has 1 aliphatic heterocycles. The average molecular weight is 392 g/mol. The summed E-state index contributed by atoms with van der Waals surface area (Å²) in [5.41, 5.74) is 2.97. The van der Waals surface area contributed by atoms with Gasteiger partial charge in [-0.2, -0.15) is 0 Å². The molecule has 2 aromatic rings. The zero-order chi connectivity index (χ0) is 20.2. The first-order valence-corrected chi connectivity index (χ1v) is 10.5. The lowest BCUT2D eigenvalue weighted by Gasteiger charge is -2.22. The lowest BCUT2D eigenvalue weighted by molar-refractivity contribution is -0.132. The minimum absolute atomic E-state index is 0.422. The summed E-state index contributed by atoms with van der Waals surface area (Å²) in [7, 11) is 0. The van der Waals surface area contributed by atoms with E-state index in [1.54, 1.807) is 0 Å². The number of hydrogen-bond acceptors (Lipinski definition) is 3. The Kier molecular flexibility index (Phi) is 5.95. The largest absolute Gasteiger partial charge is 0.390 e. The van der Waals surface area contributed by atoms with Gasteiger partial charge in [0.05, 0.1) is 12.1 Å². The van der Waals surface area contributed by atoms with Crippen LogP contribution < -0.4 is 10.6 Å². The van der Waals surface area contributed by atoms with E-state index in [0.717, 1.165) is 5.56 Å². The smallest absolute Gasteiger partial charge is 0.239 e. The molecule has 3 N–H and O–H groups in total. The van der Waals surface area contributed by atoms with Crippen molar-refractivity contribution in [3.63, 3.8) is 0 Å². The molecule has 4 rings (SSSR count). The highest BCUT2D eigenvalue weighted by Crippen LogP contribution is 2.33. The van der Waals surface area contributed by atoms with Gasteiger partial charge in [0.2, 0.25) is 11.8 Å². The summed E-state index contributed by atoms with van der Waals surface area (Å²) in [6, 6.07) is 17.1. The standard InChI is InChI=1S/C24H28N2O3/c27-22-20(15-16-7-3-1-4-8-16)26-24(29)21(22)23(28)25-19-13-11-18(12-14-19)17-9-5-2-6-10-17/h1,3-4,7-8,11-14,17,20-22,27H,2,5-6,9-10,15H2,(H,25,28)(H,26,29). The Hall–Kier alpha value is -2.66. The molecule has 2 fully saturated rings. The molecular formula is C24H28N2O3. The Balaban J connectivity index is 1.38. The Morgan fingerprint density at radius 3 is 2.38 bits per heavy atom. The molecule has 0 bridgehead atoms. The van der Waals surface area contributed by atoms with Crippen LogP contribution in [0.5, 0.6) is 0 Å². The van der Waals surface area contributed by atoms with Gasteiger partial charge >= 0.3 is 0 Å². The van der Waals surface area contributed by atoms with Crippen LogP contribution >= 0.6 is 0 Å². The van der Waals surface area contributed by atoms with Gasteiger partial charge in [-0.05, 0) is 48.4 Å². The molecular weight excluding hydrogens is 364 g/mol. The van der Waals surface area contributed by atoms with Crippen molar-refractivity contribution < 1.29 is 14.7 Å². The lowest BCUT2D eigenvalue weighted by Crippen LogP contribution is -2.37. The molecule has 0 radical (unpaired) electrons. The van der Waals surface area contributed by atoms with E-state index >= 15 is 0 Å². The molecule has 1 heterocycles. The average Bonchev–Trinajstić information content (AvgIpc) is 3.03. The van der Waals surface area contributed by atoms with E-state index in [1.165, 1.54) is 37.7 Å². The third-order valence-electron chi connectivity index (χ3n) is 6.20. The molecule has 29 heavy (non-hydrogen) atoms. The third kappa shape index (κ3) is 4.51. The van der Waals surface area contributed by atoms with Crippen LogP contribution in [0.25, 0.3) is 0 Å². The normalized spacial score (nSPS) is 24.9. The molecule has 5 nitrogen and oxygen atoms in total. The molecule has 1 saturated heterocycles. The molecule has 152 valence electrons. The predicted octanol–water partition coefficient (Wildman–Crippen LogP) is 3.39. The first-order chi connectivity index (χ1) is 14.1. The predicted molar refractivity (Wildman–Crippen MR) is 112 cm³/mol. The summed E-state index contributed by atoms with van der Waals surface area (Å²) < 4.78 is 0. The molecule has 1 saturated carbocycles. The zero-order valence-corrected chi connectivity index (χ0v) is 16.5. The zero-order valence-electron chi connectivity index (χ0n) is 16.5. The van der Waals surface area contributed by atoms with Crippen molar-refractivity contribution in [2.75, 3.05) is 5.32 Å². The molecule has 2 aliphatic rings. The van der Waals surface area contributed by atoms with Crippen LogP contribution in [0, 0.1) is 5.92 Å². The number of carbonyl (C=O) groups excluding carboxylic acids is 2. The minimum Gasteiger partial charge on any atom is -0.390 e. The van der Waals surface area contributed by atoms with Crippen molar-refractivity contribution in [3.05, 3.63) is 65.7 Å². The fourth-order valence-corrected chi connectivity index (χ4v) is 4.55. The van der Waals surface area contributed by atoms with Crippen molar-refractivity contribution in [2.24, 2.45) is 5.92 Å². The second-order valence-corrected chi connectivity index (χ2v) is 8.22.